The second-order valence-corrected chi connectivity index (χ2v) is 8.90. The van der Waals surface area contributed by atoms with Crippen molar-refractivity contribution in [2.24, 2.45) is 5.92 Å². The van der Waals surface area contributed by atoms with Gasteiger partial charge in [-0.15, -0.1) is 0 Å². The van der Waals surface area contributed by atoms with E-state index in [1.165, 1.54) is 19.4 Å². The van der Waals surface area contributed by atoms with Crippen molar-refractivity contribution < 1.29 is 24.1 Å². The Bertz CT molecular complexity index is 1290. The van der Waals surface area contributed by atoms with Crippen LogP contribution < -0.4 is 15.5 Å². The Labute approximate surface area is 200 Å². The number of carboxylic acid groups (broad SMARTS) is 1. The Morgan fingerprint density at radius 2 is 2.03 bits per heavy atom. The molecule has 9 heteroatoms. The largest absolute Gasteiger partial charge is 0.496 e. The van der Waals surface area contributed by atoms with Crippen molar-refractivity contribution in [3.05, 3.63) is 74.3 Å². The molecule has 4 rings (SSSR count). The van der Waals surface area contributed by atoms with Gasteiger partial charge in [0.15, 0.2) is 0 Å². The average molecular weight is 489 g/mol. The summed E-state index contributed by atoms with van der Waals surface area (Å²) < 4.78 is 21.8. The van der Waals surface area contributed by atoms with Crippen molar-refractivity contribution in [1.82, 2.24) is 9.88 Å². The molecule has 3 aromatic rings. The number of aliphatic hydroxyl groups is 1. The number of pyridine rings is 1. The average Bonchev–Trinajstić information content (AvgIpc) is 2.84. The molecule has 1 saturated heterocycles. The van der Waals surface area contributed by atoms with Gasteiger partial charge in [-0.3, -0.25) is 4.79 Å². The monoisotopic (exact) mass is 488 g/mol. The number of methoxy groups -OCH3 is 1. The van der Waals surface area contributed by atoms with Gasteiger partial charge in [0.25, 0.3) is 0 Å². The van der Waals surface area contributed by atoms with Crippen LogP contribution in [-0.4, -0.2) is 47.6 Å². The van der Waals surface area contributed by atoms with Gasteiger partial charge in [0, 0.05) is 24.1 Å². The molecule has 2 aromatic carbocycles. The van der Waals surface area contributed by atoms with Crippen molar-refractivity contribution >= 4 is 28.5 Å². The van der Waals surface area contributed by atoms with Gasteiger partial charge in [0.05, 0.1) is 30.3 Å². The van der Waals surface area contributed by atoms with E-state index in [1.807, 2.05) is 0 Å². The number of nitrogens with zero attached hydrogens (tertiary/aromatic N) is 1. The van der Waals surface area contributed by atoms with E-state index in [-0.39, 0.29) is 34.9 Å². The molecule has 1 fully saturated rings. The van der Waals surface area contributed by atoms with Crippen LogP contribution >= 0.6 is 11.6 Å². The van der Waals surface area contributed by atoms with Gasteiger partial charge >= 0.3 is 5.97 Å². The highest BCUT2D eigenvalue weighted by Gasteiger charge is 2.27. The number of nitrogens with one attached hydrogen (secondary N) is 1. The first-order valence-electron chi connectivity index (χ1n) is 11.1. The third kappa shape index (κ3) is 4.53. The topological polar surface area (TPSA) is 101 Å². The fraction of sp³-hybridized carbons (Fsp3) is 0.360. The SMILES string of the molecule is COc1cc2c(cc1Cc1cccc(Cl)c1F)c(=O)c(C(=O)O)cn2C(CO)C1CCNCC1. The highest BCUT2D eigenvalue weighted by molar-refractivity contribution is 6.30. The van der Waals surface area contributed by atoms with E-state index in [0.29, 0.717) is 22.4 Å². The Hall–Kier alpha value is -2.94. The standard InChI is InChI=1S/C25H26ClFN2O5/c1-34-22-11-20-17(10-16(22)9-15-3-2-4-19(26)23(15)27)24(31)18(25(32)33)12-29(20)21(13-30)14-5-7-28-8-6-14/h2-4,10-12,14,21,28,30H,5-9,13H2,1H3,(H,32,33). The fourth-order valence-corrected chi connectivity index (χ4v) is 4.95. The summed E-state index contributed by atoms with van der Waals surface area (Å²) in [6, 6.07) is 7.47. The van der Waals surface area contributed by atoms with Crippen LogP contribution in [0.25, 0.3) is 10.9 Å². The number of aromatic nitrogens is 1. The van der Waals surface area contributed by atoms with E-state index >= 15 is 0 Å². The van der Waals surface area contributed by atoms with Crippen molar-refractivity contribution in [3.63, 3.8) is 0 Å². The molecule has 2 heterocycles. The van der Waals surface area contributed by atoms with Gasteiger partial charge < -0.3 is 24.8 Å². The summed E-state index contributed by atoms with van der Waals surface area (Å²) in [6.45, 7) is 1.38. The molecule has 1 atom stereocenters. The first kappa shape index (κ1) is 24.2. The maximum absolute atomic E-state index is 14.6. The van der Waals surface area contributed by atoms with E-state index in [4.69, 9.17) is 16.3 Å². The van der Waals surface area contributed by atoms with Crippen molar-refractivity contribution in [1.29, 1.82) is 0 Å². The molecule has 1 aliphatic heterocycles. The summed E-state index contributed by atoms with van der Waals surface area (Å²) >= 11 is 5.92. The summed E-state index contributed by atoms with van der Waals surface area (Å²) in [5.41, 5.74) is 0.272. The number of piperidine rings is 1. The molecular weight excluding hydrogens is 463 g/mol. The lowest BCUT2D eigenvalue weighted by atomic mass is 9.89. The number of aromatic carboxylic acids is 1. The van der Waals surface area contributed by atoms with Gasteiger partial charge in [-0.1, -0.05) is 23.7 Å². The quantitative estimate of drug-likeness (QED) is 0.469. The van der Waals surface area contributed by atoms with Crippen LogP contribution in [0.2, 0.25) is 5.02 Å². The molecule has 1 aromatic heterocycles. The minimum atomic E-state index is -1.35. The maximum atomic E-state index is 14.6. The molecule has 0 saturated carbocycles. The zero-order chi connectivity index (χ0) is 24.4. The predicted octanol–water partition coefficient (Wildman–Crippen LogP) is 3.62. The molecule has 180 valence electrons. The van der Waals surface area contributed by atoms with E-state index in [1.54, 1.807) is 28.8 Å². The number of benzene rings is 2. The fourth-order valence-electron chi connectivity index (χ4n) is 4.76. The molecule has 34 heavy (non-hydrogen) atoms. The number of carboxylic acids is 1. The first-order valence-corrected chi connectivity index (χ1v) is 11.5. The highest BCUT2D eigenvalue weighted by Crippen LogP contribution is 2.33. The second kappa shape index (κ2) is 10.1. The Kier molecular flexibility index (Phi) is 7.21. The highest BCUT2D eigenvalue weighted by atomic mass is 35.5. The third-order valence-corrected chi connectivity index (χ3v) is 6.84. The van der Waals surface area contributed by atoms with E-state index in [0.717, 1.165) is 25.9 Å². The second-order valence-electron chi connectivity index (χ2n) is 8.49. The molecule has 1 aliphatic rings. The van der Waals surface area contributed by atoms with Crippen LogP contribution in [-0.2, 0) is 6.42 Å². The minimum Gasteiger partial charge on any atom is -0.496 e. The molecule has 0 aliphatic carbocycles. The lowest BCUT2D eigenvalue weighted by Crippen LogP contribution is -2.35. The summed E-state index contributed by atoms with van der Waals surface area (Å²) in [7, 11) is 1.48. The van der Waals surface area contributed by atoms with Gasteiger partial charge in [-0.05, 0) is 55.1 Å². The van der Waals surface area contributed by atoms with Crippen molar-refractivity contribution in [2.45, 2.75) is 25.3 Å². The molecule has 7 nitrogen and oxygen atoms in total. The van der Waals surface area contributed by atoms with Crippen LogP contribution in [0.15, 0.2) is 41.3 Å². The van der Waals surface area contributed by atoms with Gasteiger partial charge in [-0.25, -0.2) is 9.18 Å². The molecule has 0 bridgehead atoms. The predicted molar refractivity (Wildman–Crippen MR) is 128 cm³/mol. The Morgan fingerprint density at radius 1 is 1.29 bits per heavy atom. The molecular formula is C25H26ClFN2O5. The Balaban J connectivity index is 1.93. The zero-order valence-corrected chi connectivity index (χ0v) is 19.4. The number of aliphatic hydroxyl groups excluding tert-OH is 1. The molecule has 1 unspecified atom stereocenters. The van der Waals surface area contributed by atoms with Crippen molar-refractivity contribution in [2.75, 3.05) is 26.8 Å². The van der Waals surface area contributed by atoms with E-state index < -0.39 is 23.3 Å². The lowest BCUT2D eigenvalue weighted by molar-refractivity contribution is 0.0693. The summed E-state index contributed by atoms with van der Waals surface area (Å²) in [5.74, 6) is -1.38. The molecule has 0 spiro atoms. The first-order chi connectivity index (χ1) is 16.3. The van der Waals surface area contributed by atoms with Gasteiger partial charge in [0.2, 0.25) is 5.43 Å². The lowest BCUT2D eigenvalue weighted by Gasteiger charge is -2.32. The number of fused-ring (bicyclic) bond motifs is 1. The number of carbonyl (C=O) groups is 1. The summed E-state index contributed by atoms with van der Waals surface area (Å²) in [5, 5.41) is 23.4. The summed E-state index contributed by atoms with van der Waals surface area (Å²) in [6.07, 6.45) is 3.03. The van der Waals surface area contributed by atoms with E-state index in [2.05, 4.69) is 5.32 Å². The maximum Gasteiger partial charge on any atom is 0.341 e. The number of ether oxygens (including phenoxy) is 1. The molecule has 3 N–H and O–H groups in total. The van der Waals surface area contributed by atoms with E-state index in [9.17, 15) is 24.2 Å². The van der Waals surface area contributed by atoms with Crippen LogP contribution in [0, 0.1) is 11.7 Å². The normalized spacial score (nSPS) is 15.4. The Morgan fingerprint density at radius 3 is 2.68 bits per heavy atom. The molecule has 0 radical (unpaired) electrons. The van der Waals surface area contributed by atoms with Crippen LogP contribution in [0.4, 0.5) is 4.39 Å². The zero-order valence-electron chi connectivity index (χ0n) is 18.7. The van der Waals surface area contributed by atoms with Crippen LogP contribution in [0.1, 0.15) is 40.4 Å². The molecule has 0 amide bonds. The van der Waals surface area contributed by atoms with Crippen molar-refractivity contribution in [3.8, 4) is 5.75 Å². The van der Waals surface area contributed by atoms with Gasteiger partial charge in [0.1, 0.15) is 17.1 Å². The number of rotatable bonds is 7. The minimum absolute atomic E-state index is 0.0134. The van der Waals surface area contributed by atoms with Crippen LogP contribution in [0.3, 0.4) is 0 Å². The number of hydrogen-bond acceptors (Lipinski definition) is 5. The number of halogens is 2. The smallest absolute Gasteiger partial charge is 0.341 e. The number of hydrogen-bond donors (Lipinski definition) is 3. The third-order valence-electron chi connectivity index (χ3n) is 6.55. The van der Waals surface area contributed by atoms with Crippen LogP contribution in [0.5, 0.6) is 5.75 Å². The van der Waals surface area contributed by atoms with Gasteiger partial charge in [-0.2, -0.15) is 0 Å². The summed E-state index contributed by atoms with van der Waals surface area (Å²) in [4.78, 5) is 25.0.